The number of hydrogen-bond acceptors (Lipinski definition) is 4. The lowest BCUT2D eigenvalue weighted by Gasteiger charge is -2.12. The van der Waals surface area contributed by atoms with Gasteiger partial charge >= 0.3 is 0 Å². The molecule has 0 fully saturated rings. The number of ether oxygens (including phenoxy) is 1. The molecule has 4 nitrogen and oxygen atoms in total. The summed E-state index contributed by atoms with van der Waals surface area (Å²) in [6, 6.07) is 5.52. The SMILES string of the molecule is CSCCn1cc(S(=O)(=O)Cl)c2c(OC(C)C)cccc21. The van der Waals surface area contributed by atoms with E-state index in [9.17, 15) is 8.42 Å². The molecule has 0 aliphatic rings. The second-order valence-corrected chi connectivity index (χ2v) is 8.45. The summed E-state index contributed by atoms with van der Waals surface area (Å²) in [5.74, 6) is 1.44. The molecule has 0 amide bonds. The van der Waals surface area contributed by atoms with Gasteiger partial charge in [-0.25, -0.2) is 8.42 Å². The molecule has 2 aromatic rings. The van der Waals surface area contributed by atoms with Crippen molar-refractivity contribution >= 4 is 42.4 Å². The molecular formula is C14H18ClNO3S2. The Labute approximate surface area is 133 Å². The molecule has 0 bridgehead atoms. The van der Waals surface area contributed by atoms with Crippen molar-refractivity contribution in [1.29, 1.82) is 0 Å². The van der Waals surface area contributed by atoms with Gasteiger partial charge in [0.25, 0.3) is 9.05 Å². The molecule has 116 valence electrons. The molecule has 7 heteroatoms. The highest BCUT2D eigenvalue weighted by molar-refractivity contribution is 8.14. The van der Waals surface area contributed by atoms with Gasteiger partial charge in [0.2, 0.25) is 0 Å². The summed E-state index contributed by atoms with van der Waals surface area (Å²) in [5.41, 5.74) is 0.821. The van der Waals surface area contributed by atoms with Crippen molar-refractivity contribution in [1.82, 2.24) is 4.57 Å². The molecular weight excluding hydrogens is 330 g/mol. The van der Waals surface area contributed by atoms with Crippen LogP contribution < -0.4 is 4.74 Å². The number of rotatable bonds is 6. The third-order valence-electron chi connectivity index (χ3n) is 2.99. The van der Waals surface area contributed by atoms with Crippen LogP contribution in [0.4, 0.5) is 0 Å². The lowest BCUT2D eigenvalue weighted by atomic mass is 10.2. The van der Waals surface area contributed by atoms with Gasteiger partial charge < -0.3 is 9.30 Å². The lowest BCUT2D eigenvalue weighted by molar-refractivity contribution is 0.245. The molecule has 0 atom stereocenters. The van der Waals surface area contributed by atoms with Gasteiger partial charge in [-0.15, -0.1) is 0 Å². The number of hydrogen-bond donors (Lipinski definition) is 0. The van der Waals surface area contributed by atoms with E-state index in [1.807, 2.05) is 36.8 Å². The van der Waals surface area contributed by atoms with E-state index in [4.69, 9.17) is 15.4 Å². The summed E-state index contributed by atoms with van der Waals surface area (Å²) in [7, 11) is 1.76. The van der Waals surface area contributed by atoms with E-state index in [1.165, 1.54) is 0 Å². The zero-order chi connectivity index (χ0) is 15.6. The van der Waals surface area contributed by atoms with Gasteiger partial charge in [-0.2, -0.15) is 11.8 Å². The molecule has 0 aliphatic heterocycles. The minimum absolute atomic E-state index is 0.0453. The highest BCUT2D eigenvalue weighted by atomic mass is 35.7. The van der Waals surface area contributed by atoms with E-state index in [2.05, 4.69) is 0 Å². The van der Waals surface area contributed by atoms with Gasteiger partial charge in [-0.05, 0) is 32.2 Å². The van der Waals surface area contributed by atoms with Gasteiger partial charge in [-0.1, -0.05) is 6.07 Å². The summed E-state index contributed by atoms with van der Waals surface area (Å²) in [6.07, 6.45) is 3.56. The molecule has 0 saturated carbocycles. The number of nitrogens with zero attached hydrogens (tertiary/aromatic N) is 1. The smallest absolute Gasteiger partial charge is 0.263 e. The van der Waals surface area contributed by atoms with E-state index in [-0.39, 0.29) is 11.0 Å². The monoisotopic (exact) mass is 347 g/mol. The van der Waals surface area contributed by atoms with Gasteiger partial charge in [-0.3, -0.25) is 0 Å². The van der Waals surface area contributed by atoms with E-state index >= 15 is 0 Å². The maximum Gasteiger partial charge on any atom is 0.263 e. The Hall–Kier alpha value is -0.850. The highest BCUT2D eigenvalue weighted by Crippen LogP contribution is 2.35. The summed E-state index contributed by atoms with van der Waals surface area (Å²) >= 11 is 1.70. The van der Waals surface area contributed by atoms with Crippen LogP contribution in [0.2, 0.25) is 0 Å². The zero-order valence-electron chi connectivity index (χ0n) is 12.2. The fourth-order valence-corrected chi connectivity index (χ4v) is 3.63. The van der Waals surface area contributed by atoms with Crippen molar-refractivity contribution in [2.75, 3.05) is 12.0 Å². The van der Waals surface area contributed by atoms with Gasteiger partial charge in [0.15, 0.2) is 0 Å². The van der Waals surface area contributed by atoms with E-state index in [0.717, 1.165) is 17.8 Å². The van der Waals surface area contributed by atoms with Gasteiger partial charge in [0.05, 0.1) is 17.0 Å². The fraction of sp³-hybridized carbons (Fsp3) is 0.429. The maximum absolute atomic E-state index is 11.9. The predicted octanol–water partition coefficient (Wildman–Crippen LogP) is 3.72. The second-order valence-electron chi connectivity index (χ2n) is 4.93. The van der Waals surface area contributed by atoms with Gasteiger partial charge in [0.1, 0.15) is 10.6 Å². The average molecular weight is 348 g/mol. The van der Waals surface area contributed by atoms with Crippen LogP contribution in [-0.2, 0) is 15.6 Å². The first kappa shape index (κ1) is 16.5. The Morgan fingerprint density at radius 1 is 1.38 bits per heavy atom. The first-order valence-corrected chi connectivity index (χ1v) is 10.3. The minimum Gasteiger partial charge on any atom is -0.490 e. The van der Waals surface area contributed by atoms with Crippen molar-refractivity contribution in [3.05, 3.63) is 24.4 Å². The summed E-state index contributed by atoms with van der Waals surface area (Å²) in [6.45, 7) is 4.52. The number of thioether (sulfide) groups is 1. The Balaban J connectivity index is 2.69. The molecule has 0 N–H and O–H groups in total. The van der Waals surface area contributed by atoms with E-state index in [1.54, 1.807) is 24.0 Å². The van der Waals surface area contributed by atoms with Crippen LogP contribution in [0, 0.1) is 0 Å². The number of aromatic nitrogens is 1. The first-order valence-electron chi connectivity index (χ1n) is 6.56. The van der Waals surface area contributed by atoms with Crippen LogP contribution in [0.3, 0.4) is 0 Å². The molecule has 2 rings (SSSR count). The van der Waals surface area contributed by atoms with Crippen molar-refractivity contribution in [3.8, 4) is 5.75 Å². The lowest BCUT2D eigenvalue weighted by Crippen LogP contribution is -2.06. The predicted molar refractivity (Wildman–Crippen MR) is 89.1 cm³/mol. The first-order chi connectivity index (χ1) is 9.84. The highest BCUT2D eigenvalue weighted by Gasteiger charge is 2.22. The topological polar surface area (TPSA) is 48.3 Å². The molecule has 1 aromatic carbocycles. The largest absolute Gasteiger partial charge is 0.490 e. The van der Waals surface area contributed by atoms with Crippen molar-refractivity contribution < 1.29 is 13.2 Å². The van der Waals surface area contributed by atoms with Crippen LogP contribution in [0.1, 0.15) is 13.8 Å². The molecule has 21 heavy (non-hydrogen) atoms. The van der Waals surface area contributed by atoms with Crippen molar-refractivity contribution in [2.45, 2.75) is 31.4 Å². The van der Waals surface area contributed by atoms with Crippen LogP contribution in [0.25, 0.3) is 10.9 Å². The summed E-state index contributed by atoms with van der Waals surface area (Å²) < 4.78 is 31.4. The molecule has 0 saturated heterocycles. The molecule has 0 radical (unpaired) electrons. The Morgan fingerprint density at radius 2 is 2.10 bits per heavy atom. The normalized spacial score (nSPS) is 12.2. The molecule has 1 aromatic heterocycles. The van der Waals surface area contributed by atoms with Crippen LogP contribution in [-0.4, -0.2) is 31.1 Å². The van der Waals surface area contributed by atoms with Crippen molar-refractivity contribution in [2.24, 2.45) is 0 Å². The molecule has 1 heterocycles. The number of fused-ring (bicyclic) bond motifs is 1. The number of aryl methyl sites for hydroxylation is 1. The molecule has 0 aliphatic carbocycles. The Bertz CT molecular complexity index is 738. The molecule has 0 spiro atoms. The zero-order valence-corrected chi connectivity index (χ0v) is 14.6. The minimum atomic E-state index is -3.83. The quantitative estimate of drug-likeness (QED) is 0.747. The Kier molecular flexibility index (Phi) is 5.11. The fourth-order valence-electron chi connectivity index (χ4n) is 2.19. The van der Waals surface area contributed by atoms with Crippen LogP contribution >= 0.6 is 22.4 Å². The van der Waals surface area contributed by atoms with E-state index < -0.39 is 9.05 Å². The third kappa shape index (κ3) is 3.67. The average Bonchev–Trinajstić information content (AvgIpc) is 2.75. The van der Waals surface area contributed by atoms with Gasteiger partial charge in [0, 0.05) is 29.2 Å². The van der Waals surface area contributed by atoms with Crippen LogP contribution in [0.15, 0.2) is 29.3 Å². The standard InChI is InChI=1S/C14H18ClNO3S2/c1-10(2)19-12-6-4-5-11-14(12)13(21(15,17)18)9-16(11)7-8-20-3/h4-6,9-10H,7-8H2,1-3H3. The molecule has 0 unspecified atom stereocenters. The van der Waals surface area contributed by atoms with Crippen LogP contribution in [0.5, 0.6) is 5.75 Å². The van der Waals surface area contributed by atoms with Crippen molar-refractivity contribution in [3.63, 3.8) is 0 Å². The Morgan fingerprint density at radius 3 is 2.67 bits per heavy atom. The number of halogens is 1. The summed E-state index contributed by atoms with van der Waals surface area (Å²) in [4.78, 5) is 0.108. The summed E-state index contributed by atoms with van der Waals surface area (Å²) in [5, 5.41) is 0.558. The van der Waals surface area contributed by atoms with E-state index in [0.29, 0.717) is 11.1 Å². The number of benzene rings is 1. The third-order valence-corrected chi connectivity index (χ3v) is 4.92. The maximum atomic E-state index is 11.9. The second kappa shape index (κ2) is 6.50.